The molecular weight excluding hydrogens is 248 g/mol. The normalized spacial score (nSPS) is 11.3. The Kier molecular flexibility index (Phi) is 6.91. The van der Waals surface area contributed by atoms with E-state index in [2.05, 4.69) is 73.6 Å². The summed E-state index contributed by atoms with van der Waals surface area (Å²) in [6, 6.07) is 6.51. The predicted molar refractivity (Wildman–Crippen MR) is 88.6 cm³/mol. The van der Waals surface area contributed by atoms with E-state index in [4.69, 9.17) is 0 Å². The standard InChI is InChI=1S/C16H28N4/c1-6-10-18-16(17-7-2)19-12-14-8-9-15(20(4)5)11-13(14)3/h8-9,11H,6-7,10,12H2,1-5H3,(H2,17,18,19). The van der Waals surface area contributed by atoms with Gasteiger partial charge in [0.1, 0.15) is 0 Å². The molecule has 4 nitrogen and oxygen atoms in total. The maximum absolute atomic E-state index is 4.64. The van der Waals surface area contributed by atoms with E-state index in [1.54, 1.807) is 0 Å². The molecular formula is C16H28N4. The Morgan fingerprint density at radius 2 is 1.95 bits per heavy atom. The third kappa shape index (κ3) is 5.11. The van der Waals surface area contributed by atoms with Gasteiger partial charge in [-0.25, -0.2) is 4.99 Å². The van der Waals surface area contributed by atoms with Gasteiger partial charge in [0.25, 0.3) is 0 Å². The third-order valence-corrected chi connectivity index (χ3v) is 3.14. The largest absolute Gasteiger partial charge is 0.378 e. The molecule has 0 aliphatic carbocycles. The summed E-state index contributed by atoms with van der Waals surface area (Å²) in [5, 5.41) is 6.59. The number of nitrogens with one attached hydrogen (secondary N) is 2. The van der Waals surface area contributed by atoms with Crippen LogP contribution in [0.15, 0.2) is 23.2 Å². The third-order valence-electron chi connectivity index (χ3n) is 3.14. The second-order valence-electron chi connectivity index (χ2n) is 5.13. The number of anilines is 1. The highest BCUT2D eigenvalue weighted by molar-refractivity contribution is 5.79. The molecule has 1 aromatic carbocycles. The molecule has 2 N–H and O–H groups in total. The van der Waals surface area contributed by atoms with Gasteiger partial charge in [-0.1, -0.05) is 13.0 Å². The van der Waals surface area contributed by atoms with Crippen molar-refractivity contribution >= 4 is 11.6 Å². The lowest BCUT2D eigenvalue weighted by Gasteiger charge is -2.15. The fourth-order valence-corrected chi connectivity index (χ4v) is 1.89. The van der Waals surface area contributed by atoms with E-state index in [9.17, 15) is 0 Å². The monoisotopic (exact) mass is 276 g/mol. The van der Waals surface area contributed by atoms with Gasteiger partial charge in [0.15, 0.2) is 5.96 Å². The summed E-state index contributed by atoms with van der Waals surface area (Å²) < 4.78 is 0. The molecule has 0 bridgehead atoms. The number of aryl methyl sites for hydroxylation is 1. The molecule has 0 atom stereocenters. The Morgan fingerprint density at radius 3 is 2.50 bits per heavy atom. The van der Waals surface area contributed by atoms with Crippen LogP contribution < -0.4 is 15.5 Å². The number of nitrogens with zero attached hydrogens (tertiary/aromatic N) is 2. The van der Waals surface area contributed by atoms with Crippen molar-refractivity contribution in [1.82, 2.24) is 10.6 Å². The van der Waals surface area contributed by atoms with Gasteiger partial charge in [0, 0.05) is 32.9 Å². The molecule has 0 aromatic heterocycles. The molecule has 1 aromatic rings. The summed E-state index contributed by atoms with van der Waals surface area (Å²) in [5.74, 6) is 0.894. The molecule has 1 rings (SSSR count). The van der Waals surface area contributed by atoms with Crippen molar-refractivity contribution in [2.75, 3.05) is 32.1 Å². The highest BCUT2D eigenvalue weighted by atomic mass is 15.2. The van der Waals surface area contributed by atoms with Crippen LogP contribution in [0.1, 0.15) is 31.4 Å². The number of guanidine groups is 1. The Morgan fingerprint density at radius 1 is 1.20 bits per heavy atom. The zero-order valence-electron chi connectivity index (χ0n) is 13.5. The van der Waals surface area contributed by atoms with Crippen LogP contribution in [0.5, 0.6) is 0 Å². The molecule has 0 heterocycles. The molecule has 0 saturated carbocycles. The molecule has 0 amide bonds. The molecule has 0 unspecified atom stereocenters. The summed E-state index contributed by atoms with van der Waals surface area (Å²) in [4.78, 5) is 6.76. The Bertz CT molecular complexity index is 438. The quantitative estimate of drug-likeness (QED) is 0.619. The van der Waals surface area contributed by atoms with Crippen LogP contribution in [0.4, 0.5) is 5.69 Å². The first-order valence-electron chi connectivity index (χ1n) is 7.37. The minimum atomic E-state index is 0.707. The van der Waals surface area contributed by atoms with Gasteiger partial charge in [-0.15, -0.1) is 0 Å². The molecule has 0 saturated heterocycles. The van der Waals surface area contributed by atoms with Crippen LogP contribution in [-0.2, 0) is 6.54 Å². The van der Waals surface area contributed by atoms with Gasteiger partial charge in [-0.2, -0.15) is 0 Å². The molecule has 0 radical (unpaired) electrons. The van der Waals surface area contributed by atoms with Crippen molar-refractivity contribution in [2.24, 2.45) is 4.99 Å². The van der Waals surface area contributed by atoms with Crippen molar-refractivity contribution in [1.29, 1.82) is 0 Å². The summed E-state index contributed by atoms with van der Waals surface area (Å²) in [7, 11) is 4.12. The van der Waals surface area contributed by atoms with Crippen molar-refractivity contribution in [2.45, 2.75) is 33.7 Å². The first-order valence-corrected chi connectivity index (χ1v) is 7.37. The lowest BCUT2D eigenvalue weighted by atomic mass is 10.1. The van der Waals surface area contributed by atoms with E-state index < -0.39 is 0 Å². The molecule has 0 aliphatic rings. The molecule has 20 heavy (non-hydrogen) atoms. The van der Waals surface area contributed by atoms with E-state index in [1.165, 1.54) is 16.8 Å². The molecule has 112 valence electrons. The smallest absolute Gasteiger partial charge is 0.191 e. The van der Waals surface area contributed by atoms with Gasteiger partial charge < -0.3 is 15.5 Å². The number of hydrogen-bond donors (Lipinski definition) is 2. The van der Waals surface area contributed by atoms with Crippen LogP contribution >= 0.6 is 0 Å². The highest BCUT2D eigenvalue weighted by Crippen LogP contribution is 2.17. The van der Waals surface area contributed by atoms with Crippen LogP contribution in [-0.4, -0.2) is 33.1 Å². The predicted octanol–water partition coefficient (Wildman–Crippen LogP) is 2.53. The van der Waals surface area contributed by atoms with Gasteiger partial charge in [-0.05, 0) is 43.5 Å². The molecule has 4 heteroatoms. The Labute approximate surface area is 123 Å². The van der Waals surface area contributed by atoms with Gasteiger partial charge in [0.2, 0.25) is 0 Å². The van der Waals surface area contributed by atoms with E-state index in [0.717, 1.165) is 25.5 Å². The van der Waals surface area contributed by atoms with Gasteiger partial charge >= 0.3 is 0 Å². The van der Waals surface area contributed by atoms with Crippen molar-refractivity contribution in [3.63, 3.8) is 0 Å². The summed E-state index contributed by atoms with van der Waals surface area (Å²) in [6.45, 7) is 8.92. The van der Waals surface area contributed by atoms with E-state index >= 15 is 0 Å². The maximum atomic E-state index is 4.64. The number of hydrogen-bond acceptors (Lipinski definition) is 2. The van der Waals surface area contributed by atoms with Crippen molar-refractivity contribution < 1.29 is 0 Å². The first kappa shape index (κ1) is 16.3. The van der Waals surface area contributed by atoms with Crippen LogP contribution in [0.25, 0.3) is 0 Å². The fraction of sp³-hybridized carbons (Fsp3) is 0.562. The van der Waals surface area contributed by atoms with Crippen molar-refractivity contribution in [3.8, 4) is 0 Å². The summed E-state index contributed by atoms with van der Waals surface area (Å²) >= 11 is 0. The number of rotatable bonds is 6. The highest BCUT2D eigenvalue weighted by Gasteiger charge is 2.02. The second kappa shape index (κ2) is 8.46. The average Bonchev–Trinajstić information content (AvgIpc) is 2.42. The van der Waals surface area contributed by atoms with Crippen molar-refractivity contribution in [3.05, 3.63) is 29.3 Å². The summed E-state index contributed by atoms with van der Waals surface area (Å²) in [5.41, 5.74) is 3.78. The van der Waals surface area contributed by atoms with Gasteiger partial charge in [0.05, 0.1) is 6.54 Å². The zero-order chi connectivity index (χ0) is 15.0. The Balaban J connectivity index is 2.75. The summed E-state index contributed by atoms with van der Waals surface area (Å²) in [6.07, 6.45) is 1.10. The molecule has 0 aliphatic heterocycles. The first-order chi connectivity index (χ1) is 9.58. The van der Waals surface area contributed by atoms with Crippen LogP contribution in [0, 0.1) is 6.92 Å². The minimum absolute atomic E-state index is 0.707. The lowest BCUT2D eigenvalue weighted by molar-refractivity contribution is 0.785. The molecule has 0 spiro atoms. The van der Waals surface area contributed by atoms with E-state index in [-0.39, 0.29) is 0 Å². The molecule has 0 fully saturated rings. The minimum Gasteiger partial charge on any atom is -0.378 e. The number of benzene rings is 1. The fourth-order valence-electron chi connectivity index (χ4n) is 1.89. The van der Waals surface area contributed by atoms with Crippen LogP contribution in [0.3, 0.4) is 0 Å². The van der Waals surface area contributed by atoms with E-state index in [0.29, 0.717) is 6.54 Å². The lowest BCUT2D eigenvalue weighted by Crippen LogP contribution is -2.37. The average molecular weight is 276 g/mol. The number of aliphatic imine (C=N–C) groups is 1. The zero-order valence-corrected chi connectivity index (χ0v) is 13.5. The van der Waals surface area contributed by atoms with Crippen LogP contribution in [0.2, 0.25) is 0 Å². The Hall–Kier alpha value is -1.71. The SMILES string of the molecule is CCCNC(=NCc1ccc(N(C)C)cc1C)NCC. The van der Waals surface area contributed by atoms with E-state index in [1.807, 2.05) is 0 Å². The second-order valence-corrected chi connectivity index (χ2v) is 5.13. The maximum Gasteiger partial charge on any atom is 0.191 e. The van der Waals surface area contributed by atoms with Gasteiger partial charge in [-0.3, -0.25) is 0 Å². The topological polar surface area (TPSA) is 39.7 Å².